The molecule has 21 heavy (non-hydrogen) atoms. The second kappa shape index (κ2) is 7.18. The van der Waals surface area contributed by atoms with E-state index in [0.29, 0.717) is 0 Å². The molecule has 0 radical (unpaired) electrons. The summed E-state index contributed by atoms with van der Waals surface area (Å²) in [6.07, 6.45) is 6.33. The number of methoxy groups -OCH3 is 1. The van der Waals surface area contributed by atoms with Crippen molar-refractivity contribution in [1.82, 2.24) is 15.3 Å². The van der Waals surface area contributed by atoms with Gasteiger partial charge in [0, 0.05) is 23.5 Å². The van der Waals surface area contributed by atoms with Crippen molar-refractivity contribution in [2.24, 2.45) is 0 Å². The molecule has 2 rings (SSSR count). The van der Waals surface area contributed by atoms with Crippen LogP contribution in [0.25, 0.3) is 0 Å². The summed E-state index contributed by atoms with van der Waals surface area (Å²) in [6, 6.07) is 4.31. The van der Waals surface area contributed by atoms with Crippen LogP contribution in [-0.2, 0) is 0 Å². The van der Waals surface area contributed by atoms with Crippen LogP contribution in [-0.4, -0.2) is 23.6 Å². The van der Waals surface area contributed by atoms with Crippen LogP contribution in [0.2, 0.25) is 0 Å². The molecule has 0 saturated heterocycles. The first-order chi connectivity index (χ1) is 10.2. The van der Waals surface area contributed by atoms with Crippen LogP contribution in [0, 0.1) is 13.8 Å². The smallest absolute Gasteiger partial charge is 0.127 e. The van der Waals surface area contributed by atoms with Crippen LogP contribution >= 0.6 is 0 Å². The quantitative estimate of drug-likeness (QED) is 0.885. The molecule has 2 aromatic rings. The minimum atomic E-state index is 0.0420. The van der Waals surface area contributed by atoms with E-state index in [1.54, 1.807) is 13.4 Å². The third kappa shape index (κ3) is 3.39. The van der Waals surface area contributed by atoms with Gasteiger partial charge in [-0.3, -0.25) is 0 Å². The number of hydrogen-bond donors (Lipinski definition) is 1. The molecule has 0 aliphatic carbocycles. The molecule has 4 heteroatoms. The average Bonchev–Trinajstić information content (AvgIpc) is 2.52. The summed E-state index contributed by atoms with van der Waals surface area (Å²) in [4.78, 5) is 8.29. The molecule has 0 fully saturated rings. The fraction of sp³-hybridized carbons (Fsp3) is 0.412. The van der Waals surface area contributed by atoms with Gasteiger partial charge in [-0.2, -0.15) is 0 Å². The van der Waals surface area contributed by atoms with E-state index in [9.17, 15) is 0 Å². The Morgan fingerprint density at radius 2 is 1.90 bits per heavy atom. The van der Waals surface area contributed by atoms with E-state index in [2.05, 4.69) is 48.2 Å². The molecule has 1 aromatic carbocycles. The van der Waals surface area contributed by atoms with Gasteiger partial charge in [0.1, 0.15) is 12.1 Å². The molecule has 0 bridgehead atoms. The number of benzene rings is 1. The first kappa shape index (κ1) is 15.4. The molecular formula is C17H23N3O. The largest absolute Gasteiger partial charge is 0.496 e. The predicted molar refractivity (Wildman–Crippen MR) is 84.6 cm³/mol. The van der Waals surface area contributed by atoms with Crippen LogP contribution in [0.4, 0.5) is 0 Å². The molecule has 1 N–H and O–H groups in total. The molecule has 1 aromatic heterocycles. The highest BCUT2D eigenvalue weighted by molar-refractivity contribution is 5.49. The van der Waals surface area contributed by atoms with Crippen molar-refractivity contribution in [3.8, 4) is 5.75 Å². The van der Waals surface area contributed by atoms with E-state index in [-0.39, 0.29) is 6.04 Å². The third-order valence-electron chi connectivity index (χ3n) is 3.73. The minimum absolute atomic E-state index is 0.0420. The third-order valence-corrected chi connectivity index (χ3v) is 3.73. The van der Waals surface area contributed by atoms with E-state index >= 15 is 0 Å². The SMILES string of the molecule is CCCNC(c1cncnc1)c1ccc(C)c(C)c1OC. The molecule has 0 aliphatic heterocycles. The topological polar surface area (TPSA) is 47.0 Å². The molecule has 1 atom stereocenters. The van der Waals surface area contributed by atoms with Gasteiger partial charge in [0.2, 0.25) is 0 Å². The van der Waals surface area contributed by atoms with Crippen molar-refractivity contribution in [2.75, 3.05) is 13.7 Å². The van der Waals surface area contributed by atoms with E-state index in [1.165, 1.54) is 11.1 Å². The number of ether oxygens (including phenoxy) is 1. The second-order valence-electron chi connectivity index (χ2n) is 5.19. The Bertz CT molecular complexity index is 584. The lowest BCUT2D eigenvalue weighted by atomic mass is 9.95. The Morgan fingerprint density at radius 3 is 2.52 bits per heavy atom. The van der Waals surface area contributed by atoms with Gasteiger partial charge < -0.3 is 10.1 Å². The summed E-state index contributed by atoms with van der Waals surface area (Å²) in [7, 11) is 1.73. The Labute approximate surface area is 126 Å². The summed E-state index contributed by atoms with van der Waals surface area (Å²) >= 11 is 0. The number of nitrogens with zero attached hydrogens (tertiary/aromatic N) is 2. The number of aryl methyl sites for hydroxylation is 1. The lowest BCUT2D eigenvalue weighted by molar-refractivity contribution is 0.400. The fourth-order valence-corrected chi connectivity index (χ4v) is 2.47. The first-order valence-corrected chi connectivity index (χ1v) is 7.31. The maximum atomic E-state index is 5.66. The zero-order valence-corrected chi connectivity index (χ0v) is 13.2. The second-order valence-corrected chi connectivity index (χ2v) is 5.19. The van der Waals surface area contributed by atoms with E-state index in [1.807, 2.05) is 12.4 Å². The van der Waals surface area contributed by atoms with E-state index in [4.69, 9.17) is 4.74 Å². The number of nitrogens with one attached hydrogen (secondary N) is 1. The van der Waals surface area contributed by atoms with Crippen LogP contribution in [0.1, 0.15) is 41.6 Å². The first-order valence-electron chi connectivity index (χ1n) is 7.31. The zero-order chi connectivity index (χ0) is 15.2. The van der Waals surface area contributed by atoms with Gasteiger partial charge in [-0.25, -0.2) is 9.97 Å². The van der Waals surface area contributed by atoms with E-state index < -0.39 is 0 Å². The highest BCUT2D eigenvalue weighted by Crippen LogP contribution is 2.33. The standard InChI is InChI=1S/C17H23N3O/c1-5-8-20-16(14-9-18-11-19-10-14)15-7-6-12(2)13(3)17(15)21-4/h6-7,9-11,16,20H,5,8H2,1-4H3. The van der Waals surface area contributed by atoms with Crippen molar-refractivity contribution in [3.05, 3.63) is 53.1 Å². The molecule has 0 saturated carbocycles. The van der Waals surface area contributed by atoms with Crippen molar-refractivity contribution in [2.45, 2.75) is 33.2 Å². The Balaban J connectivity index is 2.49. The lowest BCUT2D eigenvalue weighted by Crippen LogP contribution is -2.24. The Kier molecular flexibility index (Phi) is 5.28. The molecule has 0 amide bonds. The molecule has 0 spiro atoms. The number of rotatable bonds is 6. The molecular weight excluding hydrogens is 262 g/mol. The van der Waals surface area contributed by atoms with Gasteiger partial charge in [-0.1, -0.05) is 19.1 Å². The van der Waals surface area contributed by atoms with Crippen molar-refractivity contribution >= 4 is 0 Å². The highest BCUT2D eigenvalue weighted by Gasteiger charge is 2.20. The summed E-state index contributed by atoms with van der Waals surface area (Å²) < 4.78 is 5.66. The minimum Gasteiger partial charge on any atom is -0.496 e. The Hall–Kier alpha value is -1.94. The molecule has 112 valence electrons. The Morgan fingerprint density at radius 1 is 1.19 bits per heavy atom. The van der Waals surface area contributed by atoms with Crippen LogP contribution in [0.15, 0.2) is 30.9 Å². The van der Waals surface area contributed by atoms with Crippen molar-refractivity contribution in [3.63, 3.8) is 0 Å². The highest BCUT2D eigenvalue weighted by atomic mass is 16.5. The lowest BCUT2D eigenvalue weighted by Gasteiger charge is -2.23. The van der Waals surface area contributed by atoms with Crippen LogP contribution in [0.3, 0.4) is 0 Å². The maximum Gasteiger partial charge on any atom is 0.127 e. The van der Waals surface area contributed by atoms with Crippen molar-refractivity contribution < 1.29 is 4.74 Å². The van der Waals surface area contributed by atoms with Crippen LogP contribution < -0.4 is 10.1 Å². The molecule has 0 aliphatic rings. The van der Waals surface area contributed by atoms with Gasteiger partial charge in [-0.15, -0.1) is 0 Å². The van der Waals surface area contributed by atoms with Gasteiger partial charge in [-0.05, 0) is 37.9 Å². The van der Waals surface area contributed by atoms with Gasteiger partial charge in [0.15, 0.2) is 0 Å². The maximum absolute atomic E-state index is 5.66. The molecule has 4 nitrogen and oxygen atoms in total. The summed E-state index contributed by atoms with van der Waals surface area (Å²) in [5, 5.41) is 3.56. The molecule has 1 unspecified atom stereocenters. The number of aromatic nitrogens is 2. The predicted octanol–water partition coefficient (Wildman–Crippen LogP) is 3.19. The van der Waals surface area contributed by atoms with Crippen molar-refractivity contribution in [1.29, 1.82) is 0 Å². The molecule has 1 heterocycles. The van der Waals surface area contributed by atoms with Gasteiger partial charge in [0.05, 0.1) is 13.2 Å². The zero-order valence-electron chi connectivity index (χ0n) is 13.2. The number of hydrogen-bond acceptors (Lipinski definition) is 4. The summed E-state index contributed by atoms with van der Waals surface area (Å²) in [5.41, 5.74) is 4.58. The van der Waals surface area contributed by atoms with Gasteiger partial charge >= 0.3 is 0 Å². The average molecular weight is 285 g/mol. The monoisotopic (exact) mass is 285 g/mol. The fourth-order valence-electron chi connectivity index (χ4n) is 2.47. The van der Waals surface area contributed by atoms with Crippen LogP contribution in [0.5, 0.6) is 5.75 Å². The van der Waals surface area contributed by atoms with Gasteiger partial charge in [0.25, 0.3) is 0 Å². The summed E-state index contributed by atoms with van der Waals surface area (Å²) in [5.74, 6) is 0.937. The summed E-state index contributed by atoms with van der Waals surface area (Å²) in [6.45, 7) is 7.27. The van der Waals surface area contributed by atoms with E-state index in [0.717, 1.165) is 29.8 Å². The normalized spacial score (nSPS) is 12.2.